The highest BCUT2D eigenvalue weighted by atomic mass is 16.6. The first-order chi connectivity index (χ1) is 13.2. The number of fused-ring (bicyclic) bond motifs is 3. The van der Waals surface area contributed by atoms with Gasteiger partial charge in [0.15, 0.2) is 0 Å². The molecule has 0 radical (unpaired) electrons. The van der Waals surface area contributed by atoms with Crippen molar-refractivity contribution in [1.29, 1.82) is 0 Å². The first-order valence-electron chi connectivity index (χ1n) is 11.1. The molecule has 0 saturated carbocycles. The highest BCUT2D eigenvalue weighted by molar-refractivity contribution is 4.97. The fraction of sp³-hybridized carbons (Fsp3) is 1.00. The Hall–Kier alpha value is -0.240. The van der Waals surface area contributed by atoms with Crippen LogP contribution in [0, 0.1) is 5.92 Å². The average Bonchev–Trinajstić information content (AvgIpc) is 2.83. The van der Waals surface area contributed by atoms with E-state index in [1.54, 1.807) is 0 Å². The minimum absolute atomic E-state index is 0.00593. The van der Waals surface area contributed by atoms with Crippen LogP contribution in [0.4, 0.5) is 0 Å². The molecule has 0 aromatic rings. The topological polar surface area (TPSA) is 66.4 Å². The lowest BCUT2D eigenvalue weighted by Crippen LogP contribution is -2.56. The van der Waals surface area contributed by atoms with Gasteiger partial charge in [0.1, 0.15) is 6.10 Å². The molecule has 5 rings (SSSR count). The molecule has 0 unspecified atom stereocenters. The van der Waals surface area contributed by atoms with E-state index in [0.717, 1.165) is 58.2 Å². The van der Waals surface area contributed by atoms with Gasteiger partial charge in [-0.3, -0.25) is 0 Å². The molecule has 0 aliphatic carbocycles. The molecule has 6 nitrogen and oxygen atoms in total. The summed E-state index contributed by atoms with van der Waals surface area (Å²) in [4.78, 5) is 0. The van der Waals surface area contributed by atoms with Crippen molar-refractivity contribution in [2.45, 2.75) is 113 Å². The molecular weight excluding hydrogens is 348 g/mol. The molecule has 5 saturated heterocycles. The Balaban J connectivity index is 1.27. The van der Waals surface area contributed by atoms with Gasteiger partial charge in [0, 0.05) is 19.6 Å². The highest BCUT2D eigenvalue weighted by Gasteiger charge is 2.48. The third-order valence-corrected chi connectivity index (χ3v) is 7.26. The summed E-state index contributed by atoms with van der Waals surface area (Å²) in [5.41, 5.74) is 0. The maximum absolute atomic E-state index is 10.8. The standard InChI is InChI=1S/C21H34O6/c1-12-10-18-15(5-3-8-23-18)26-20(12)16-6-7-17-21(27-16)13(22)11-19-14(25-17)4-2-9-24-19/h12-22H,2-11H2,1H3/t12-,13+,14+,15+,16+,17-,18-,19-,20+,21+/m1/s1. The molecule has 1 N–H and O–H groups in total. The Morgan fingerprint density at radius 1 is 0.630 bits per heavy atom. The lowest BCUT2D eigenvalue weighted by atomic mass is 9.83. The van der Waals surface area contributed by atoms with Crippen LogP contribution in [0.3, 0.4) is 0 Å². The summed E-state index contributed by atoms with van der Waals surface area (Å²) >= 11 is 0. The number of hydrogen-bond donors (Lipinski definition) is 1. The Bertz CT molecular complexity index is 515. The van der Waals surface area contributed by atoms with Crippen LogP contribution in [-0.2, 0) is 23.7 Å². The van der Waals surface area contributed by atoms with Gasteiger partial charge >= 0.3 is 0 Å². The number of aliphatic hydroxyl groups excluding tert-OH is 1. The van der Waals surface area contributed by atoms with E-state index in [-0.39, 0.29) is 48.8 Å². The van der Waals surface area contributed by atoms with Gasteiger partial charge in [-0.2, -0.15) is 0 Å². The largest absolute Gasteiger partial charge is 0.390 e. The smallest absolute Gasteiger partial charge is 0.110 e. The molecule has 0 aromatic heterocycles. The van der Waals surface area contributed by atoms with Crippen LogP contribution in [0.1, 0.15) is 58.3 Å². The summed E-state index contributed by atoms with van der Waals surface area (Å²) in [6.07, 6.45) is 7.57. The van der Waals surface area contributed by atoms with Crippen molar-refractivity contribution in [2.75, 3.05) is 13.2 Å². The van der Waals surface area contributed by atoms with Crippen LogP contribution in [-0.4, -0.2) is 73.3 Å². The molecule has 154 valence electrons. The lowest BCUT2D eigenvalue weighted by Gasteiger charge is -2.48. The Morgan fingerprint density at radius 2 is 1.22 bits per heavy atom. The molecule has 27 heavy (non-hydrogen) atoms. The summed E-state index contributed by atoms with van der Waals surface area (Å²) in [5, 5.41) is 10.8. The second-order valence-corrected chi connectivity index (χ2v) is 9.19. The number of ether oxygens (including phenoxy) is 5. The molecule has 0 spiro atoms. The zero-order chi connectivity index (χ0) is 18.4. The van der Waals surface area contributed by atoms with E-state index in [1.165, 1.54) is 0 Å². The highest BCUT2D eigenvalue weighted by Crippen LogP contribution is 2.40. The SMILES string of the molecule is C[C@@H]1C[C@H]2OCCC[C@@H]2O[C@@H]1[C@@H]1CC[C@H]2O[C@H]3CCCO[C@@H]3C[C@H](O)[C@@H]2O1. The maximum Gasteiger partial charge on any atom is 0.110 e. The molecule has 5 fully saturated rings. The van der Waals surface area contributed by atoms with Crippen molar-refractivity contribution in [3.63, 3.8) is 0 Å². The second-order valence-electron chi connectivity index (χ2n) is 9.19. The van der Waals surface area contributed by atoms with Crippen molar-refractivity contribution in [1.82, 2.24) is 0 Å². The molecule has 0 bridgehead atoms. The third-order valence-electron chi connectivity index (χ3n) is 7.26. The Labute approximate surface area is 161 Å². The van der Waals surface area contributed by atoms with Crippen LogP contribution < -0.4 is 0 Å². The zero-order valence-electron chi connectivity index (χ0n) is 16.3. The molecule has 5 aliphatic rings. The predicted octanol–water partition coefficient (Wildman–Crippen LogP) is 2.20. The van der Waals surface area contributed by atoms with Gasteiger partial charge in [0.05, 0.1) is 48.8 Å². The predicted molar refractivity (Wildman–Crippen MR) is 97.6 cm³/mol. The van der Waals surface area contributed by atoms with Crippen molar-refractivity contribution in [2.24, 2.45) is 5.92 Å². The third kappa shape index (κ3) is 3.69. The average molecular weight is 382 g/mol. The van der Waals surface area contributed by atoms with E-state index in [2.05, 4.69) is 6.92 Å². The van der Waals surface area contributed by atoms with Gasteiger partial charge in [0.25, 0.3) is 0 Å². The zero-order valence-corrected chi connectivity index (χ0v) is 16.3. The van der Waals surface area contributed by atoms with Crippen LogP contribution in [0.15, 0.2) is 0 Å². The minimum atomic E-state index is -0.532. The van der Waals surface area contributed by atoms with Crippen LogP contribution in [0.5, 0.6) is 0 Å². The number of rotatable bonds is 1. The van der Waals surface area contributed by atoms with Crippen LogP contribution in [0.2, 0.25) is 0 Å². The monoisotopic (exact) mass is 382 g/mol. The van der Waals surface area contributed by atoms with E-state index in [1.807, 2.05) is 0 Å². The Kier molecular flexibility index (Phi) is 5.48. The summed E-state index contributed by atoms with van der Waals surface area (Å²) in [6, 6.07) is 0. The van der Waals surface area contributed by atoms with Crippen LogP contribution in [0.25, 0.3) is 0 Å². The van der Waals surface area contributed by atoms with E-state index in [0.29, 0.717) is 12.3 Å². The van der Waals surface area contributed by atoms with Crippen molar-refractivity contribution in [3.05, 3.63) is 0 Å². The van der Waals surface area contributed by atoms with E-state index in [9.17, 15) is 5.11 Å². The molecular formula is C21H34O6. The fourth-order valence-corrected chi connectivity index (χ4v) is 5.84. The molecule has 0 aromatic carbocycles. The Morgan fingerprint density at radius 3 is 1.96 bits per heavy atom. The fourth-order valence-electron chi connectivity index (χ4n) is 5.84. The number of aliphatic hydroxyl groups is 1. The van der Waals surface area contributed by atoms with Crippen LogP contribution >= 0.6 is 0 Å². The van der Waals surface area contributed by atoms with Crippen molar-refractivity contribution >= 4 is 0 Å². The van der Waals surface area contributed by atoms with Gasteiger partial charge in [-0.25, -0.2) is 0 Å². The van der Waals surface area contributed by atoms with E-state index >= 15 is 0 Å². The van der Waals surface area contributed by atoms with Gasteiger partial charge in [-0.05, 0) is 50.9 Å². The molecule has 0 amide bonds. The summed E-state index contributed by atoms with van der Waals surface area (Å²) < 4.78 is 31.1. The van der Waals surface area contributed by atoms with Crippen molar-refractivity contribution < 1.29 is 28.8 Å². The van der Waals surface area contributed by atoms with Gasteiger partial charge in [-0.1, -0.05) is 6.92 Å². The quantitative estimate of drug-likeness (QED) is 0.750. The normalized spacial score (nSPS) is 53.6. The summed E-state index contributed by atoms with van der Waals surface area (Å²) in [7, 11) is 0. The van der Waals surface area contributed by atoms with Gasteiger partial charge < -0.3 is 28.8 Å². The molecule has 10 atom stereocenters. The van der Waals surface area contributed by atoms with Gasteiger partial charge in [0.2, 0.25) is 0 Å². The number of hydrogen-bond acceptors (Lipinski definition) is 6. The first-order valence-corrected chi connectivity index (χ1v) is 11.1. The minimum Gasteiger partial charge on any atom is -0.390 e. The molecule has 5 heterocycles. The second kappa shape index (κ2) is 7.88. The summed E-state index contributed by atoms with van der Waals surface area (Å²) in [6.45, 7) is 3.88. The first kappa shape index (κ1) is 18.8. The van der Waals surface area contributed by atoms with Gasteiger partial charge in [-0.15, -0.1) is 0 Å². The molecule has 6 heteroatoms. The molecule has 5 aliphatic heterocycles. The maximum atomic E-state index is 10.8. The summed E-state index contributed by atoms with van der Waals surface area (Å²) in [5.74, 6) is 0.403. The van der Waals surface area contributed by atoms with E-state index < -0.39 is 6.10 Å². The van der Waals surface area contributed by atoms with E-state index in [4.69, 9.17) is 23.7 Å². The lowest BCUT2D eigenvalue weighted by molar-refractivity contribution is -0.249. The van der Waals surface area contributed by atoms with Crippen molar-refractivity contribution in [3.8, 4) is 0 Å².